The van der Waals surface area contributed by atoms with Crippen LogP contribution in [0.4, 0.5) is 4.79 Å². The molecule has 0 fully saturated rings. The van der Waals surface area contributed by atoms with Crippen LogP contribution in [0, 0.1) is 0 Å². The van der Waals surface area contributed by atoms with E-state index in [-0.39, 0.29) is 6.54 Å². The third-order valence-corrected chi connectivity index (χ3v) is 2.40. The van der Waals surface area contributed by atoms with Crippen molar-refractivity contribution in [2.75, 3.05) is 6.54 Å². The van der Waals surface area contributed by atoms with E-state index in [0.29, 0.717) is 0 Å². The molecule has 6 nitrogen and oxygen atoms in total. The summed E-state index contributed by atoms with van der Waals surface area (Å²) in [6.07, 6.45) is 4.05. The number of dihydropyridines is 1. The molecule has 1 aliphatic heterocycles. The van der Waals surface area contributed by atoms with Crippen molar-refractivity contribution >= 4 is 18.3 Å². The van der Waals surface area contributed by atoms with Gasteiger partial charge in [0.1, 0.15) is 11.2 Å². The number of aliphatic imine (C=N–C) groups is 1. The second kappa shape index (κ2) is 5.87. The lowest BCUT2D eigenvalue weighted by molar-refractivity contribution is -0.160. The molecule has 0 radical (unpaired) electrons. The molecule has 0 bridgehead atoms. The molecule has 0 saturated heterocycles. The number of allylic oxidation sites excluding steroid dienone is 1. The predicted octanol–water partition coefficient (Wildman–Crippen LogP) is 2.23. The summed E-state index contributed by atoms with van der Waals surface area (Å²) < 4.78 is 10.6. The highest BCUT2D eigenvalue weighted by Crippen LogP contribution is 2.19. The van der Waals surface area contributed by atoms with Crippen LogP contribution in [0.3, 0.4) is 0 Å². The van der Waals surface area contributed by atoms with Gasteiger partial charge in [-0.2, -0.15) is 0 Å². The molecule has 1 N–H and O–H groups in total. The Labute approximate surface area is 125 Å². The second-order valence-corrected chi connectivity index (χ2v) is 6.95. The Morgan fingerprint density at radius 2 is 1.67 bits per heavy atom. The first-order valence-electron chi connectivity index (χ1n) is 6.86. The Bertz CT molecular complexity index is 469. The molecule has 0 aromatic rings. The largest absolute Gasteiger partial charge is 0.458 e. The smallest absolute Gasteiger partial charge is 0.408 e. The van der Waals surface area contributed by atoms with Gasteiger partial charge in [-0.3, -0.25) is 4.99 Å². The molecule has 6 heteroatoms. The topological polar surface area (TPSA) is 77.0 Å². The molecule has 0 saturated carbocycles. The van der Waals surface area contributed by atoms with Gasteiger partial charge in [0.25, 0.3) is 0 Å². The zero-order chi connectivity index (χ0) is 16.3. The third-order valence-electron chi connectivity index (χ3n) is 2.40. The Morgan fingerprint density at radius 1 is 1.10 bits per heavy atom. The number of alkyl carbamates (subject to hydrolysis) is 1. The van der Waals surface area contributed by atoms with Gasteiger partial charge in [-0.25, -0.2) is 9.59 Å². The lowest BCUT2D eigenvalue weighted by Crippen LogP contribution is -2.58. The molecule has 0 aromatic heterocycles. The fourth-order valence-corrected chi connectivity index (χ4v) is 1.64. The quantitative estimate of drug-likeness (QED) is 0.793. The average molecular weight is 296 g/mol. The van der Waals surface area contributed by atoms with E-state index in [0.717, 1.165) is 0 Å². The standard InChI is InChI=1S/C15H24N2O4/c1-13(2,3)20-11(18)15(8-7-9-16-10-15)17-12(19)21-14(4,5)6/h7-9H,10H2,1-6H3,(H,17,19)/t15-/m0/s1. The number of nitrogens with one attached hydrogen (secondary N) is 1. The number of esters is 1. The molecular weight excluding hydrogens is 272 g/mol. The zero-order valence-corrected chi connectivity index (χ0v) is 13.5. The average Bonchev–Trinajstić information content (AvgIpc) is 2.24. The molecule has 1 rings (SSSR count). The molecular formula is C15H24N2O4. The van der Waals surface area contributed by atoms with E-state index in [1.165, 1.54) is 0 Å². The highest BCUT2D eigenvalue weighted by molar-refractivity contribution is 5.91. The predicted molar refractivity (Wildman–Crippen MR) is 80.4 cm³/mol. The molecule has 0 unspecified atom stereocenters. The zero-order valence-electron chi connectivity index (χ0n) is 13.5. The van der Waals surface area contributed by atoms with E-state index in [1.54, 1.807) is 59.9 Å². The van der Waals surface area contributed by atoms with Gasteiger partial charge in [-0.1, -0.05) is 0 Å². The van der Waals surface area contributed by atoms with Crippen LogP contribution in [0.25, 0.3) is 0 Å². The third kappa shape index (κ3) is 5.57. The fraction of sp³-hybridized carbons (Fsp3) is 0.667. The van der Waals surface area contributed by atoms with Gasteiger partial charge < -0.3 is 14.8 Å². The molecule has 1 heterocycles. The number of nitrogens with zero attached hydrogens (tertiary/aromatic N) is 1. The van der Waals surface area contributed by atoms with Crippen molar-refractivity contribution in [3.05, 3.63) is 12.2 Å². The van der Waals surface area contributed by atoms with Crippen molar-refractivity contribution in [2.45, 2.75) is 58.3 Å². The van der Waals surface area contributed by atoms with Gasteiger partial charge in [0.15, 0.2) is 5.54 Å². The summed E-state index contributed by atoms with van der Waals surface area (Å²) in [5, 5.41) is 2.58. The van der Waals surface area contributed by atoms with Gasteiger partial charge in [-0.05, 0) is 53.7 Å². The van der Waals surface area contributed by atoms with Gasteiger partial charge in [0.2, 0.25) is 0 Å². The van der Waals surface area contributed by atoms with E-state index in [2.05, 4.69) is 10.3 Å². The Kier molecular flexibility index (Phi) is 4.81. The maximum absolute atomic E-state index is 12.4. The number of carbonyl (C=O) groups is 2. The summed E-state index contributed by atoms with van der Waals surface area (Å²) in [5.41, 5.74) is -2.64. The highest BCUT2D eigenvalue weighted by atomic mass is 16.6. The molecule has 118 valence electrons. The maximum atomic E-state index is 12.4. The number of amides is 1. The van der Waals surface area contributed by atoms with Crippen molar-refractivity contribution in [1.82, 2.24) is 5.32 Å². The Morgan fingerprint density at radius 3 is 2.10 bits per heavy atom. The lowest BCUT2D eigenvalue weighted by atomic mass is 9.97. The van der Waals surface area contributed by atoms with Gasteiger partial charge in [0, 0.05) is 6.21 Å². The molecule has 0 aliphatic carbocycles. The van der Waals surface area contributed by atoms with Crippen molar-refractivity contribution in [2.24, 2.45) is 4.99 Å². The molecule has 1 amide bonds. The van der Waals surface area contributed by atoms with Crippen molar-refractivity contribution < 1.29 is 19.1 Å². The lowest BCUT2D eigenvalue weighted by Gasteiger charge is -2.33. The van der Waals surface area contributed by atoms with Crippen molar-refractivity contribution in [3.8, 4) is 0 Å². The van der Waals surface area contributed by atoms with Crippen LogP contribution in [0.15, 0.2) is 17.1 Å². The molecule has 0 spiro atoms. The number of hydrogen-bond donors (Lipinski definition) is 1. The van der Waals surface area contributed by atoms with Crippen LogP contribution in [0.5, 0.6) is 0 Å². The van der Waals surface area contributed by atoms with E-state index < -0.39 is 28.8 Å². The minimum absolute atomic E-state index is 0.0810. The van der Waals surface area contributed by atoms with Crippen LogP contribution in [0.1, 0.15) is 41.5 Å². The van der Waals surface area contributed by atoms with Crippen LogP contribution in [-0.2, 0) is 14.3 Å². The van der Waals surface area contributed by atoms with Crippen molar-refractivity contribution in [1.29, 1.82) is 0 Å². The van der Waals surface area contributed by atoms with Gasteiger partial charge in [-0.15, -0.1) is 0 Å². The first kappa shape index (κ1) is 17.2. The second-order valence-electron chi connectivity index (χ2n) is 6.95. The highest BCUT2D eigenvalue weighted by Gasteiger charge is 2.42. The van der Waals surface area contributed by atoms with Crippen LogP contribution < -0.4 is 5.32 Å². The molecule has 1 aliphatic rings. The van der Waals surface area contributed by atoms with E-state index >= 15 is 0 Å². The number of carbonyl (C=O) groups excluding carboxylic acids is 2. The molecule has 21 heavy (non-hydrogen) atoms. The van der Waals surface area contributed by atoms with Crippen LogP contribution in [0.2, 0.25) is 0 Å². The number of rotatable bonds is 2. The van der Waals surface area contributed by atoms with E-state index in [9.17, 15) is 9.59 Å². The maximum Gasteiger partial charge on any atom is 0.408 e. The van der Waals surface area contributed by atoms with Gasteiger partial charge in [0.05, 0.1) is 6.54 Å². The normalized spacial score (nSPS) is 21.8. The number of hydrogen-bond acceptors (Lipinski definition) is 5. The minimum Gasteiger partial charge on any atom is -0.458 e. The van der Waals surface area contributed by atoms with E-state index in [1.807, 2.05) is 0 Å². The summed E-state index contributed by atoms with van der Waals surface area (Å²) in [5.74, 6) is -0.561. The first-order valence-corrected chi connectivity index (χ1v) is 6.86. The Hall–Kier alpha value is -1.85. The number of ether oxygens (including phenoxy) is 2. The summed E-state index contributed by atoms with van der Waals surface area (Å²) >= 11 is 0. The Balaban J connectivity index is 2.90. The summed E-state index contributed by atoms with van der Waals surface area (Å²) in [6.45, 7) is 10.6. The first-order chi connectivity index (χ1) is 9.44. The summed E-state index contributed by atoms with van der Waals surface area (Å²) in [7, 11) is 0. The van der Waals surface area contributed by atoms with Gasteiger partial charge >= 0.3 is 12.1 Å². The van der Waals surface area contributed by atoms with Crippen LogP contribution in [-0.4, -0.2) is 41.6 Å². The summed E-state index contributed by atoms with van der Waals surface area (Å²) in [6, 6.07) is 0. The molecule has 1 atom stereocenters. The monoisotopic (exact) mass is 296 g/mol. The summed E-state index contributed by atoms with van der Waals surface area (Å²) in [4.78, 5) is 28.4. The molecule has 0 aromatic carbocycles. The minimum atomic E-state index is -1.33. The van der Waals surface area contributed by atoms with E-state index in [4.69, 9.17) is 9.47 Å². The SMILES string of the molecule is CC(C)(C)OC(=O)N[C@@]1(C(=O)OC(C)(C)C)C=CC=NC1. The fourth-order valence-electron chi connectivity index (χ4n) is 1.64. The van der Waals surface area contributed by atoms with Crippen LogP contribution >= 0.6 is 0 Å². The van der Waals surface area contributed by atoms with Crippen molar-refractivity contribution in [3.63, 3.8) is 0 Å².